The molecule has 1 atom stereocenters. The van der Waals surface area contributed by atoms with Gasteiger partial charge in [-0.25, -0.2) is 0 Å². The molecule has 23 heavy (non-hydrogen) atoms. The summed E-state index contributed by atoms with van der Waals surface area (Å²) in [6.45, 7) is 0.319. The molecular weight excluding hydrogens is 294 g/mol. The van der Waals surface area contributed by atoms with Crippen molar-refractivity contribution in [2.75, 3.05) is 13.7 Å². The van der Waals surface area contributed by atoms with E-state index in [1.807, 2.05) is 0 Å². The molecule has 2 aromatic rings. The molecule has 0 radical (unpaired) electrons. The molecule has 2 rings (SSSR count). The predicted octanol–water partition coefficient (Wildman–Crippen LogP) is 2.61. The topological polar surface area (TPSA) is 78.8 Å². The first-order valence-electron chi connectivity index (χ1n) is 7.15. The van der Waals surface area contributed by atoms with Gasteiger partial charge < -0.3 is 20.3 Å². The van der Waals surface area contributed by atoms with Crippen LogP contribution in [-0.2, 0) is 9.53 Å². The number of methoxy groups -OCH3 is 1. The lowest BCUT2D eigenvalue weighted by molar-refractivity contribution is -0.117. The zero-order valence-corrected chi connectivity index (χ0v) is 12.8. The predicted molar refractivity (Wildman–Crippen MR) is 88.0 cm³/mol. The Kier molecular flexibility index (Phi) is 5.77. The summed E-state index contributed by atoms with van der Waals surface area (Å²) in [5.41, 5.74) is 1.69. The summed E-state index contributed by atoms with van der Waals surface area (Å²) >= 11 is 0. The van der Waals surface area contributed by atoms with Gasteiger partial charge in [0, 0.05) is 19.7 Å². The molecule has 1 unspecified atom stereocenters. The van der Waals surface area contributed by atoms with Crippen LogP contribution in [0.25, 0.3) is 6.08 Å². The van der Waals surface area contributed by atoms with Crippen LogP contribution in [0.15, 0.2) is 54.6 Å². The molecule has 2 aromatic carbocycles. The maximum Gasteiger partial charge on any atom is 0.244 e. The van der Waals surface area contributed by atoms with Gasteiger partial charge in [0.2, 0.25) is 5.91 Å². The van der Waals surface area contributed by atoms with Crippen molar-refractivity contribution in [2.45, 2.75) is 6.10 Å². The van der Waals surface area contributed by atoms with Crippen LogP contribution in [-0.4, -0.2) is 29.8 Å². The Labute approximate surface area is 134 Å². The number of carbonyl (C=O) groups is 1. The number of hydrogen-bond donors (Lipinski definition) is 3. The normalized spacial score (nSPS) is 12.2. The molecule has 120 valence electrons. The maximum absolute atomic E-state index is 11.8. The number of phenols is 2. The summed E-state index contributed by atoms with van der Waals surface area (Å²) < 4.78 is 5.35. The fraction of sp³-hybridized carbons (Fsp3) is 0.167. The number of rotatable bonds is 6. The minimum absolute atomic E-state index is 0.184. The van der Waals surface area contributed by atoms with Gasteiger partial charge in [-0.2, -0.15) is 0 Å². The Morgan fingerprint density at radius 2 is 1.65 bits per heavy atom. The van der Waals surface area contributed by atoms with Gasteiger partial charge in [-0.1, -0.05) is 24.3 Å². The first-order chi connectivity index (χ1) is 11.1. The lowest BCUT2D eigenvalue weighted by atomic mass is 10.1. The van der Waals surface area contributed by atoms with Crippen LogP contribution in [0.2, 0.25) is 0 Å². The quantitative estimate of drug-likeness (QED) is 0.716. The van der Waals surface area contributed by atoms with Crippen molar-refractivity contribution in [2.24, 2.45) is 0 Å². The average Bonchev–Trinajstić information content (AvgIpc) is 2.56. The molecule has 0 spiro atoms. The lowest BCUT2D eigenvalue weighted by Crippen LogP contribution is -2.27. The fourth-order valence-corrected chi connectivity index (χ4v) is 2.04. The zero-order valence-electron chi connectivity index (χ0n) is 12.8. The van der Waals surface area contributed by atoms with Crippen molar-refractivity contribution in [3.05, 3.63) is 65.7 Å². The fourth-order valence-electron chi connectivity index (χ4n) is 2.04. The van der Waals surface area contributed by atoms with Crippen molar-refractivity contribution in [3.8, 4) is 11.5 Å². The van der Waals surface area contributed by atoms with Crippen molar-refractivity contribution < 1.29 is 19.7 Å². The number of amides is 1. The van der Waals surface area contributed by atoms with Crippen molar-refractivity contribution >= 4 is 12.0 Å². The molecule has 1 amide bonds. The summed E-state index contributed by atoms with van der Waals surface area (Å²) in [4.78, 5) is 11.8. The van der Waals surface area contributed by atoms with E-state index in [1.165, 1.54) is 6.08 Å². The Morgan fingerprint density at radius 3 is 2.22 bits per heavy atom. The van der Waals surface area contributed by atoms with Crippen LogP contribution >= 0.6 is 0 Å². The second-order valence-corrected chi connectivity index (χ2v) is 4.99. The van der Waals surface area contributed by atoms with E-state index in [-0.39, 0.29) is 23.5 Å². The Hall–Kier alpha value is -2.79. The van der Waals surface area contributed by atoms with Crippen LogP contribution in [0.5, 0.6) is 11.5 Å². The van der Waals surface area contributed by atoms with Crippen molar-refractivity contribution in [1.82, 2.24) is 5.32 Å². The third kappa shape index (κ3) is 5.16. The minimum atomic E-state index is -0.290. The van der Waals surface area contributed by atoms with Gasteiger partial charge in [-0.05, 0) is 41.5 Å². The number of phenolic OH excluding ortho intramolecular Hbond substituents is 2. The van der Waals surface area contributed by atoms with E-state index in [2.05, 4.69) is 5.32 Å². The molecule has 0 saturated carbocycles. The van der Waals surface area contributed by atoms with E-state index in [1.54, 1.807) is 61.7 Å². The van der Waals surface area contributed by atoms with Crippen molar-refractivity contribution in [1.29, 1.82) is 0 Å². The molecular formula is C18H19NO4. The van der Waals surface area contributed by atoms with Crippen LogP contribution in [0.4, 0.5) is 0 Å². The van der Waals surface area contributed by atoms with Crippen LogP contribution in [0, 0.1) is 0 Å². The second kappa shape index (κ2) is 8.00. The van der Waals surface area contributed by atoms with E-state index in [0.29, 0.717) is 6.54 Å². The van der Waals surface area contributed by atoms with Gasteiger partial charge in [0.1, 0.15) is 11.5 Å². The maximum atomic E-state index is 11.8. The average molecular weight is 313 g/mol. The highest BCUT2D eigenvalue weighted by atomic mass is 16.5. The Morgan fingerprint density at radius 1 is 1.09 bits per heavy atom. The molecule has 0 aromatic heterocycles. The highest BCUT2D eigenvalue weighted by Gasteiger charge is 2.11. The van der Waals surface area contributed by atoms with Gasteiger partial charge in [0.15, 0.2) is 0 Å². The first kappa shape index (κ1) is 16.6. The van der Waals surface area contributed by atoms with Gasteiger partial charge >= 0.3 is 0 Å². The third-order valence-corrected chi connectivity index (χ3v) is 3.33. The number of nitrogens with one attached hydrogen (secondary N) is 1. The molecule has 3 N–H and O–H groups in total. The highest BCUT2D eigenvalue weighted by molar-refractivity contribution is 5.91. The van der Waals surface area contributed by atoms with E-state index in [0.717, 1.165) is 11.1 Å². The summed E-state index contributed by atoms with van der Waals surface area (Å²) in [6.07, 6.45) is 2.80. The number of ether oxygens (including phenoxy) is 1. The van der Waals surface area contributed by atoms with Gasteiger partial charge in [0.25, 0.3) is 0 Å². The first-order valence-corrected chi connectivity index (χ1v) is 7.15. The van der Waals surface area contributed by atoms with E-state index < -0.39 is 0 Å². The van der Waals surface area contributed by atoms with Gasteiger partial charge in [0.05, 0.1) is 6.10 Å². The summed E-state index contributed by atoms with van der Waals surface area (Å²) in [6, 6.07) is 13.2. The number of carbonyl (C=O) groups excluding carboxylic acids is 1. The smallest absolute Gasteiger partial charge is 0.244 e. The van der Waals surface area contributed by atoms with E-state index in [4.69, 9.17) is 4.74 Å². The van der Waals surface area contributed by atoms with Gasteiger partial charge in [-0.3, -0.25) is 4.79 Å². The third-order valence-electron chi connectivity index (χ3n) is 3.33. The standard InChI is InChI=1S/C18H19NO4/c1-23-17(14-5-9-16(21)10-6-14)12-19-18(22)11-4-13-2-7-15(20)8-3-13/h2-11,17,20-21H,12H2,1H3,(H,19,22). The zero-order chi connectivity index (χ0) is 16.7. The van der Waals surface area contributed by atoms with Crippen LogP contribution in [0.3, 0.4) is 0 Å². The summed E-state index contributed by atoms with van der Waals surface area (Å²) in [5, 5.41) is 21.3. The molecule has 0 aliphatic carbocycles. The molecule has 0 fully saturated rings. The highest BCUT2D eigenvalue weighted by Crippen LogP contribution is 2.18. The largest absolute Gasteiger partial charge is 0.508 e. The number of benzene rings is 2. The molecule has 0 aliphatic heterocycles. The molecule has 0 heterocycles. The van der Waals surface area contributed by atoms with Crippen LogP contribution < -0.4 is 5.32 Å². The monoisotopic (exact) mass is 313 g/mol. The minimum Gasteiger partial charge on any atom is -0.508 e. The van der Waals surface area contributed by atoms with Crippen molar-refractivity contribution in [3.63, 3.8) is 0 Å². The molecule has 0 bridgehead atoms. The molecule has 0 aliphatic rings. The molecule has 5 heteroatoms. The van der Waals surface area contributed by atoms with E-state index in [9.17, 15) is 15.0 Å². The van der Waals surface area contributed by atoms with Gasteiger partial charge in [-0.15, -0.1) is 0 Å². The molecule has 0 saturated heterocycles. The number of aromatic hydroxyl groups is 2. The Bertz CT molecular complexity index is 662. The number of hydrogen-bond acceptors (Lipinski definition) is 4. The Balaban J connectivity index is 1.89. The molecule has 5 nitrogen and oxygen atoms in total. The van der Waals surface area contributed by atoms with Crippen LogP contribution in [0.1, 0.15) is 17.2 Å². The summed E-state index contributed by atoms with van der Waals surface area (Å²) in [7, 11) is 1.57. The summed E-state index contributed by atoms with van der Waals surface area (Å²) in [5.74, 6) is 0.131. The lowest BCUT2D eigenvalue weighted by Gasteiger charge is -2.16. The van der Waals surface area contributed by atoms with E-state index >= 15 is 0 Å². The second-order valence-electron chi connectivity index (χ2n) is 4.99. The SMILES string of the molecule is COC(CNC(=O)C=Cc1ccc(O)cc1)c1ccc(O)cc1.